The van der Waals surface area contributed by atoms with Crippen molar-refractivity contribution in [1.82, 2.24) is 20.4 Å². The number of carbonyl (C=O) groups excluding carboxylic acids is 4. The molecule has 0 unspecified atom stereocenters. The molecule has 0 aliphatic carbocycles. The molecule has 304 valence electrons. The summed E-state index contributed by atoms with van der Waals surface area (Å²) in [5.41, 5.74) is 4.30. The van der Waals surface area contributed by atoms with E-state index in [1.54, 1.807) is 50.6 Å². The van der Waals surface area contributed by atoms with Gasteiger partial charge in [-0.25, -0.2) is 0 Å². The Labute approximate surface area is 336 Å². The van der Waals surface area contributed by atoms with E-state index >= 15 is 0 Å². The summed E-state index contributed by atoms with van der Waals surface area (Å²) in [5.74, 6) is -0.0944. The van der Waals surface area contributed by atoms with Crippen LogP contribution in [0.4, 0.5) is 0 Å². The van der Waals surface area contributed by atoms with Gasteiger partial charge in [-0.15, -0.1) is 0 Å². The molecule has 14 nitrogen and oxygen atoms in total. The quantitative estimate of drug-likeness (QED) is 0.0743. The van der Waals surface area contributed by atoms with E-state index in [0.29, 0.717) is 72.0 Å². The lowest BCUT2D eigenvalue weighted by Crippen LogP contribution is -2.44. The third kappa shape index (κ3) is 9.25. The Kier molecular flexibility index (Phi) is 14.1. The molecule has 0 radical (unpaired) electrons. The number of aryl methyl sites for hydroxylation is 1. The molecule has 0 bridgehead atoms. The number of ether oxygens (including phenoxy) is 2. The van der Waals surface area contributed by atoms with E-state index < -0.39 is 33.7 Å². The Morgan fingerprint density at radius 2 is 0.931 bits per heavy atom. The lowest BCUT2D eigenvalue weighted by Gasteiger charge is -2.32. The zero-order valence-electron chi connectivity index (χ0n) is 32.4. The summed E-state index contributed by atoms with van der Waals surface area (Å²) in [5, 5.41) is 7.46. The topological polar surface area (TPSA) is 203 Å². The molecule has 4 amide bonds. The highest BCUT2D eigenvalue weighted by Crippen LogP contribution is 2.38. The van der Waals surface area contributed by atoms with Crippen molar-refractivity contribution in [3.63, 3.8) is 0 Å². The van der Waals surface area contributed by atoms with Gasteiger partial charge in [-0.3, -0.25) is 33.5 Å². The van der Waals surface area contributed by atoms with Crippen LogP contribution in [-0.4, -0.2) is 92.3 Å². The van der Waals surface area contributed by atoms with E-state index in [9.17, 15) is 27.6 Å². The molecule has 0 aromatic heterocycles. The molecule has 2 aliphatic rings. The van der Waals surface area contributed by atoms with Crippen molar-refractivity contribution in [3.8, 4) is 11.5 Å². The van der Waals surface area contributed by atoms with E-state index in [0.717, 1.165) is 28.2 Å². The lowest BCUT2D eigenvalue weighted by molar-refractivity contribution is 0.0587. The molecule has 7 rings (SSSR count). The number of rotatable bonds is 15. The first kappa shape index (κ1) is 43.2. The molecule has 0 spiro atoms. The van der Waals surface area contributed by atoms with Crippen LogP contribution in [0.15, 0.2) is 102 Å². The van der Waals surface area contributed by atoms with Crippen LogP contribution < -0.4 is 20.1 Å². The first-order valence-corrected chi connectivity index (χ1v) is 19.9. The SMILES string of the molecule is COc1ccccc1CNCCCN1C(=O)c2ccc3c4c(ccc(c24)C1=O)C(=O)N(CCCNCc1ccccc1OC)C3=O.Cc1ccc(S(=O)(=O)O)cc1.O. The van der Waals surface area contributed by atoms with Crippen LogP contribution in [-0.2, 0) is 23.2 Å². The van der Waals surface area contributed by atoms with E-state index in [-0.39, 0.29) is 23.5 Å². The number of carbonyl (C=O) groups is 4. The molecule has 0 atom stereocenters. The van der Waals surface area contributed by atoms with Gasteiger partial charge in [0.2, 0.25) is 0 Å². The van der Waals surface area contributed by atoms with Crippen LogP contribution in [0.2, 0.25) is 0 Å². The number of imide groups is 2. The summed E-state index contributed by atoms with van der Waals surface area (Å²) < 4.78 is 40.3. The van der Waals surface area contributed by atoms with Gasteiger partial charge in [0.15, 0.2) is 0 Å². The summed E-state index contributed by atoms with van der Waals surface area (Å²) in [6, 6.07) is 27.9. The zero-order chi connectivity index (χ0) is 40.7. The molecule has 58 heavy (non-hydrogen) atoms. The second-order valence-corrected chi connectivity index (χ2v) is 15.0. The number of hydrogen-bond acceptors (Lipinski definition) is 10. The highest BCUT2D eigenvalue weighted by Gasteiger charge is 2.39. The number of methoxy groups -OCH3 is 2. The lowest BCUT2D eigenvalue weighted by atomic mass is 9.86. The fourth-order valence-electron chi connectivity index (χ4n) is 6.96. The third-order valence-corrected chi connectivity index (χ3v) is 10.7. The minimum Gasteiger partial charge on any atom is -0.496 e. The van der Waals surface area contributed by atoms with Gasteiger partial charge in [-0.2, -0.15) is 8.42 Å². The third-order valence-electron chi connectivity index (χ3n) is 9.87. The van der Waals surface area contributed by atoms with Gasteiger partial charge < -0.3 is 25.6 Å². The zero-order valence-corrected chi connectivity index (χ0v) is 33.2. The molecule has 2 heterocycles. The summed E-state index contributed by atoms with van der Waals surface area (Å²) >= 11 is 0. The van der Waals surface area contributed by atoms with Crippen LogP contribution >= 0.6 is 0 Å². The standard InChI is InChI=1S/C36H36N4O6.C7H8O3S.H2O/c1-45-29-11-5-3-9-23(29)21-37-17-7-19-39-33(41)25-13-15-27-32-28(16-14-26(31(25)32)34(39)42)36(44)40(35(27)43)20-8-18-38-22-24-10-4-6-12-30(24)46-2;1-6-2-4-7(5-3-6)11(8,9)10;/h3-6,9-16,37-38H,7-8,17-22H2,1-2H3;2-5H,1H3,(H,8,9,10);1H2. The van der Waals surface area contributed by atoms with Crippen molar-refractivity contribution in [2.75, 3.05) is 40.4 Å². The van der Waals surface area contributed by atoms with Gasteiger partial charge >= 0.3 is 0 Å². The van der Waals surface area contributed by atoms with E-state index in [4.69, 9.17) is 14.0 Å². The number of benzene rings is 5. The van der Waals surface area contributed by atoms with Crippen LogP contribution in [0, 0.1) is 6.92 Å². The molecule has 0 fully saturated rings. The Morgan fingerprint density at radius 1 is 0.569 bits per heavy atom. The maximum atomic E-state index is 13.6. The van der Waals surface area contributed by atoms with E-state index in [1.807, 2.05) is 55.5 Å². The molecular formula is C43H46N4O10S. The second-order valence-electron chi connectivity index (χ2n) is 13.6. The molecular weight excluding hydrogens is 765 g/mol. The van der Waals surface area contributed by atoms with Crippen molar-refractivity contribution in [1.29, 1.82) is 0 Å². The first-order valence-electron chi connectivity index (χ1n) is 18.5. The fourth-order valence-corrected chi connectivity index (χ4v) is 7.44. The number of para-hydroxylation sites is 2. The van der Waals surface area contributed by atoms with Gasteiger partial charge in [-0.05, 0) is 81.4 Å². The number of nitrogens with zero attached hydrogens (tertiary/aromatic N) is 2. The average molecular weight is 811 g/mol. The Morgan fingerprint density at radius 3 is 1.28 bits per heavy atom. The Hall–Kier alpha value is -5.97. The maximum absolute atomic E-state index is 13.6. The maximum Gasteiger partial charge on any atom is 0.294 e. The summed E-state index contributed by atoms with van der Waals surface area (Å²) in [7, 11) is -0.757. The highest BCUT2D eigenvalue weighted by atomic mass is 32.2. The van der Waals surface area contributed by atoms with Gasteiger partial charge in [-0.1, -0.05) is 54.1 Å². The number of nitrogens with one attached hydrogen (secondary N) is 2. The first-order chi connectivity index (χ1) is 27.4. The van der Waals surface area contributed by atoms with Crippen molar-refractivity contribution in [2.45, 2.75) is 37.8 Å². The predicted octanol–water partition coefficient (Wildman–Crippen LogP) is 4.83. The molecule has 5 aromatic rings. The minimum atomic E-state index is -4.02. The molecule has 5 N–H and O–H groups in total. The van der Waals surface area contributed by atoms with Crippen molar-refractivity contribution < 1.29 is 47.1 Å². The van der Waals surface area contributed by atoms with Crippen LogP contribution in [0.3, 0.4) is 0 Å². The minimum absolute atomic E-state index is 0. The average Bonchev–Trinajstić information content (AvgIpc) is 3.21. The van der Waals surface area contributed by atoms with Gasteiger partial charge in [0.05, 0.1) is 19.1 Å². The smallest absolute Gasteiger partial charge is 0.294 e. The van der Waals surface area contributed by atoms with E-state index in [1.165, 1.54) is 21.9 Å². The second kappa shape index (κ2) is 19.0. The van der Waals surface area contributed by atoms with Crippen LogP contribution in [0.25, 0.3) is 10.8 Å². The van der Waals surface area contributed by atoms with Crippen molar-refractivity contribution in [3.05, 3.63) is 136 Å². The van der Waals surface area contributed by atoms with Crippen LogP contribution in [0.5, 0.6) is 11.5 Å². The molecule has 0 saturated carbocycles. The van der Waals surface area contributed by atoms with Crippen LogP contribution in [0.1, 0.15) is 71.0 Å². The fraction of sp³-hybridized carbons (Fsp3) is 0.256. The largest absolute Gasteiger partial charge is 0.496 e. The number of amides is 4. The monoisotopic (exact) mass is 810 g/mol. The summed E-state index contributed by atoms with van der Waals surface area (Å²) in [4.78, 5) is 56.7. The summed E-state index contributed by atoms with van der Waals surface area (Å²) in [6.45, 7) is 4.67. The highest BCUT2D eigenvalue weighted by molar-refractivity contribution is 7.85. The summed E-state index contributed by atoms with van der Waals surface area (Å²) in [6.07, 6.45) is 1.11. The Balaban J connectivity index is 0.000000463. The molecule has 2 aliphatic heterocycles. The van der Waals surface area contributed by atoms with Gasteiger partial charge in [0.1, 0.15) is 11.5 Å². The van der Waals surface area contributed by atoms with E-state index in [2.05, 4.69) is 10.6 Å². The number of hydrogen-bond donors (Lipinski definition) is 3. The molecule has 0 saturated heterocycles. The van der Waals surface area contributed by atoms with Crippen molar-refractivity contribution >= 4 is 44.5 Å². The molecule has 5 aromatic carbocycles. The van der Waals surface area contributed by atoms with Gasteiger partial charge in [0.25, 0.3) is 33.7 Å². The van der Waals surface area contributed by atoms with Crippen molar-refractivity contribution in [2.24, 2.45) is 0 Å². The molecule has 15 heteroatoms. The normalized spacial score (nSPS) is 13.2. The van der Waals surface area contributed by atoms with Gasteiger partial charge in [0, 0.05) is 70.3 Å². The Bertz CT molecular complexity index is 2230. The predicted molar refractivity (Wildman–Crippen MR) is 218 cm³/mol.